The monoisotopic (exact) mass is 364 g/mol. The summed E-state index contributed by atoms with van der Waals surface area (Å²) in [6, 6.07) is 17.4. The number of ether oxygens (including phenoxy) is 1. The lowest BCUT2D eigenvalue weighted by atomic mass is 9.59. The lowest BCUT2D eigenvalue weighted by Crippen LogP contribution is -2.43. The highest BCUT2D eigenvalue weighted by Gasteiger charge is 2.42. The number of hydrogen-bond donors (Lipinski definition) is 1. The lowest BCUT2D eigenvalue weighted by Gasteiger charge is -2.45. The number of nitrogens with zero attached hydrogens (tertiary/aromatic N) is 1. The fraction of sp³-hybridized carbons (Fsp3) is 0.364. The molecule has 27 heavy (non-hydrogen) atoms. The lowest BCUT2D eigenvalue weighted by molar-refractivity contribution is -0.121. The van der Waals surface area contributed by atoms with Crippen molar-refractivity contribution in [3.8, 4) is 0 Å². The molecule has 2 bridgehead atoms. The van der Waals surface area contributed by atoms with Crippen molar-refractivity contribution < 1.29 is 14.3 Å². The minimum atomic E-state index is -0.510. The molecule has 140 valence electrons. The predicted octanol–water partition coefficient (Wildman–Crippen LogP) is 3.10. The molecule has 0 aliphatic heterocycles. The van der Waals surface area contributed by atoms with E-state index in [0.717, 1.165) is 6.42 Å². The van der Waals surface area contributed by atoms with Crippen LogP contribution >= 0.6 is 0 Å². The van der Waals surface area contributed by atoms with Crippen molar-refractivity contribution in [2.24, 2.45) is 5.92 Å². The first-order chi connectivity index (χ1) is 13.1. The van der Waals surface area contributed by atoms with E-state index in [1.54, 1.807) is 7.05 Å². The Morgan fingerprint density at radius 1 is 1.04 bits per heavy atom. The Bertz CT molecular complexity index is 832. The topological polar surface area (TPSA) is 58.6 Å². The third-order valence-corrected chi connectivity index (χ3v) is 5.85. The number of carbonyl (C=O) groups excluding carboxylic acids is 2. The van der Waals surface area contributed by atoms with E-state index in [9.17, 15) is 9.59 Å². The number of methoxy groups -OCH3 is 1. The first kappa shape index (κ1) is 17.6. The van der Waals surface area contributed by atoms with Crippen LogP contribution in [0.3, 0.4) is 0 Å². The van der Waals surface area contributed by atoms with Crippen LogP contribution in [0.5, 0.6) is 0 Å². The van der Waals surface area contributed by atoms with Gasteiger partial charge in [0.25, 0.3) is 0 Å². The predicted molar refractivity (Wildman–Crippen MR) is 103 cm³/mol. The molecule has 2 aromatic carbocycles. The zero-order chi connectivity index (χ0) is 19.0. The normalized spacial score (nSPS) is 21.8. The summed E-state index contributed by atoms with van der Waals surface area (Å²) in [7, 11) is 2.87. The van der Waals surface area contributed by atoms with E-state index in [-0.39, 0.29) is 12.5 Å². The fourth-order valence-corrected chi connectivity index (χ4v) is 4.70. The third-order valence-electron chi connectivity index (χ3n) is 5.85. The van der Waals surface area contributed by atoms with Crippen LogP contribution in [0.25, 0.3) is 0 Å². The Hall–Kier alpha value is -2.82. The average Bonchev–Trinajstić information content (AvgIpc) is 2.71. The second kappa shape index (κ2) is 7.06. The molecule has 1 unspecified atom stereocenters. The minimum Gasteiger partial charge on any atom is -0.453 e. The Labute approximate surface area is 159 Å². The summed E-state index contributed by atoms with van der Waals surface area (Å²) < 4.78 is 4.63. The molecule has 0 saturated heterocycles. The third kappa shape index (κ3) is 3.07. The van der Waals surface area contributed by atoms with E-state index in [1.807, 2.05) is 0 Å². The molecule has 5 heteroatoms. The van der Waals surface area contributed by atoms with Crippen molar-refractivity contribution >= 4 is 12.0 Å². The van der Waals surface area contributed by atoms with Gasteiger partial charge in [-0.25, -0.2) is 4.79 Å². The highest BCUT2D eigenvalue weighted by atomic mass is 16.5. The second-order valence-electron chi connectivity index (χ2n) is 7.41. The van der Waals surface area contributed by atoms with Gasteiger partial charge in [-0.2, -0.15) is 0 Å². The van der Waals surface area contributed by atoms with Crippen LogP contribution in [-0.4, -0.2) is 44.1 Å². The number of nitrogens with one attached hydrogen (secondary N) is 1. The molecular formula is C22H24N2O3. The van der Waals surface area contributed by atoms with Gasteiger partial charge in [-0.1, -0.05) is 48.5 Å². The molecule has 5 rings (SSSR count). The zero-order valence-corrected chi connectivity index (χ0v) is 15.6. The summed E-state index contributed by atoms with van der Waals surface area (Å²) in [6.07, 6.45) is 0.524. The van der Waals surface area contributed by atoms with Crippen molar-refractivity contribution in [2.45, 2.75) is 18.3 Å². The maximum Gasteiger partial charge on any atom is 0.409 e. The summed E-state index contributed by atoms with van der Waals surface area (Å²) in [5, 5.41) is 3.02. The molecule has 2 amide bonds. The SMILES string of the molecule is COC(=O)N(C)CC(=O)NCC1CC2c3ccccc3C1c1ccccc12. The fourth-order valence-electron chi connectivity index (χ4n) is 4.70. The molecule has 0 fully saturated rings. The maximum atomic E-state index is 12.3. The Kier molecular flexibility index (Phi) is 4.60. The number of carbonyl (C=O) groups is 2. The quantitative estimate of drug-likeness (QED) is 0.907. The second-order valence-corrected chi connectivity index (χ2v) is 7.41. The number of fused-ring (bicyclic) bond motifs is 1. The molecule has 3 aliphatic rings. The maximum absolute atomic E-state index is 12.3. The van der Waals surface area contributed by atoms with E-state index in [0.29, 0.717) is 24.3 Å². The molecule has 0 spiro atoms. The molecule has 1 atom stereocenters. The van der Waals surface area contributed by atoms with Crippen LogP contribution in [-0.2, 0) is 9.53 Å². The van der Waals surface area contributed by atoms with Gasteiger partial charge < -0.3 is 15.0 Å². The highest BCUT2D eigenvalue weighted by molar-refractivity contribution is 5.82. The first-order valence-corrected chi connectivity index (χ1v) is 9.33. The number of likely N-dealkylation sites (N-methyl/N-ethyl adjacent to an activating group) is 1. The van der Waals surface area contributed by atoms with Gasteiger partial charge in [0, 0.05) is 25.4 Å². The molecular weight excluding hydrogens is 340 g/mol. The Morgan fingerprint density at radius 2 is 1.59 bits per heavy atom. The number of benzene rings is 2. The first-order valence-electron chi connectivity index (χ1n) is 9.33. The molecule has 0 heterocycles. The van der Waals surface area contributed by atoms with E-state index in [1.165, 1.54) is 34.3 Å². The van der Waals surface area contributed by atoms with Crippen molar-refractivity contribution in [1.82, 2.24) is 10.2 Å². The van der Waals surface area contributed by atoms with Crippen LogP contribution in [0.1, 0.15) is 40.5 Å². The standard InChI is InChI=1S/C22H24N2O3/c1-24(22(26)27-2)13-20(25)23-12-14-11-19-15-7-3-5-9-17(15)21(14)18-10-6-4-8-16(18)19/h3-10,14,19,21H,11-13H2,1-2H3,(H,23,25). The summed E-state index contributed by atoms with van der Waals surface area (Å²) in [5.41, 5.74) is 5.63. The average molecular weight is 364 g/mol. The van der Waals surface area contributed by atoms with Gasteiger partial charge >= 0.3 is 6.09 Å². The largest absolute Gasteiger partial charge is 0.453 e. The summed E-state index contributed by atoms with van der Waals surface area (Å²) in [6.45, 7) is 0.609. The van der Waals surface area contributed by atoms with Crippen LogP contribution < -0.4 is 5.32 Å². The summed E-state index contributed by atoms with van der Waals surface area (Å²) in [5.74, 6) is 0.890. The van der Waals surface area contributed by atoms with Crippen molar-refractivity contribution in [3.63, 3.8) is 0 Å². The number of rotatable bonds is 4. The summed E-state index contributed by atoms with van der Waals surface area (Å²) >= 11 is 0. The van der Waals surface area contributed by atoms with Gasteiger partial charge in [-0.3, -0.25) is 4.79 Å². The number of hydrogen-bond acceptors (Lipinski definition) is 3. The minimum absolute atomic E-state index is 0.000657. The van der Waals surface area contributed by atoms with E-state index >= 15 is 0 Å². The van der Waals surface area contributed by atoms with Gasteiger partial charge in [-0.05, 0) is 34.6 Å². The molecule has 5 nitrogen and oxygen atoms in total. The molecule has 0 aromatic heterocycles. The van der Waals surface area contributed by atoms with Crippen molar-refractivity contribution in [1.29, 1.82) is 0 Å². The molecule has 3 aliphatic carbocycles. The zero-order valence-electron chi connectivity index (χ0n) is 15.6. The molecule has 0 radical (unpaired) electrons. The van der Waals surface area contributed by atoms with Crippen LogP contribution in [0, 0.1) is 5.92 Å². The van der Waals surface area contributed by atoms with E-state index in [2.05, 4.69) is 58.6 Å². The van der Waals surface area contributed by atoms with Crippen LogP contribution in [0.15, 0.2) is 48.5 Å². The Morgan fingerprint density at radius 3 is 2.15 bits per heavy atom. The Balaban J connectivity index is 1.51. The molecule has 2 aromatic rings. The highest BCUT2D eigenvalue weighted by Crippen LogP contribution is 2.55. The van der Waals surface area contributed by atoms with E-state index in [4.69, 9.17) is 0 Å². The summed E-state index contributed by atoms with van der Waals surface area (Å²) in [4.78, 5) is 25.0. The van der Waals surface area contributed by atoms with E-state index < -0.39 is 6.09 Å². The van der Waals surface area contributed by atoms with Crippen molar-refractivity contribution in [3.05, 3.63) is 70.8 Å². The van der Waals surface area contributed by atoms with Gasteiger partial charge in [0.2, 0.25) is 5.91 Å². The van der Waals surface area contributed by atoms with Crippen LogP contribution in [0.2, 0.25) is 0 Å². The van der Waals surface area contributed by atoms with Gasteiger partial charge in [-0.15, -0.1) is 0 Å². The van der Waals surface area contributed by atoms with Crippen LogP contribution in [0.4, 0.5) is 4.79 Å². The van der Waals surface area contributed by atoms with Gasteiger partial charge in [0.05, 0.1) is 7.11 Å². The van der Waals surface area contributed by atoms with Crippen molar-refractivity contribution in [2.75, 3.05) is 27.2 Å². The van der Waals surface area contributed by atoms with Gasteiger partial charge in [0.1, 0.15) is 6.54 Å². The molecule has 0 saturated carbocycles. The van der Waals surface area contributed by atoms with Gasteiger partial charge in [0.15, 0.2) is 0 Å². The smallest absolute Gasteiger partial charge is 0.409 e. The molecule has 1 N–H and O–H groups in total. The number of amides is 2.